The van der Waals surface area contributed by atoms with E-state index in [9.17, 15) is 0 Å². The molecule has 0 radical (unpaired) electrons. The van der Waals surface area contributed by atoms with Gasteiger partial charge in [0.1, 0.15) is 11.5 Å². The van der Waals surface area contributed by atoms with Gasteiger partial charge < -0.3 is 14.8 Å². The van der Waals surface area contributed by atoms with Gasteiger partial charge >= 0.3 is 0 Å². The molecule has 2 aromatic rings. The van der Waals surface area contributed by atoms with Crippen molar-refractivity contribution >= 4 is 28.2 Å². The number of anilines is 1. The van der Waals surface area contributed by atoms with E-state index in [1.807, 2.05) is 31.3 Å². The first-order valence-corrected chi connectivity index (χ1v) is 8.61. The van der Waals surface area contributed by atoms with Gasteiger partial charge in [-0.3, -0.25) is 0 Å². The van der Waals surface area contributed by atoms with Gasteiger partial charge in [0.25, 0.3) is 0 Å². The number of nitrogens with zero attached hydrogens (tertiary/aromatic N) is 2. The normalized spacial score (nSPS) is 10.4. The second-order valence-corrected chi connectivity index (χ2v) is 6.46. The molecule has 1 heterocycles. The molecule has 0 aliphatic heterocycles. The van der Waals surface area contributed by atoms with Gasteiger partial charge in [-0.2, -0.15) is 0 Å². The highest BCUT2D eigenvalue weighted by molar-refractivity contribution is 8.01. The van der Waals surface area contributed by atoms with E-state index in [1.165, 1.54) is 0 Å². The largest absolute Gasteiger partial charge is 0.494 e. The smallest absolute Gasteiger partial charge is 0.206 e. The molecule has 1 N–H and O–H groups in total. The lowest BCUT2D eigenvalue weighted by atomic mass is 10.3. The zero-order valence-electron chi connectivity index (χ0n) is 12.2. The number of benzene rings is 1. The van der Waals surface area contributed by atoms with Crippen LogP contribution in [-0.2, 0) is 0 Å². The van der Waals surface area contributed by atoms with Crippen molar-refractivity contribution in [2.45, 2.75) is 17.7 Å². The Morgan fingerprint density at radius 2 is 1.76 bits per heavy atom. The van der Waals surface area contributed by atoms with Crippen molar-refractivity contribution in [2.24, 2.45) is 0 Å². The van der Waals surface area contributed by atoms with Gasteiger partial charge in [-0.1, -0.05) is 30.0 Å². The van der Waals surface area contributed by atoms with E-state index in [0.29, 0.717) is 6.61 Å². The van der Waals surface area contributed by atoms with Crippen molar-refractivity contribution in [1.82, 2.24) is 10.2 Å². The molecule has 0 aliphatic rings. The molecule has 0 spiro atoms. The topological polar surface area (TPSA) is 56.3 Å². The second kappa shape index (κ2) is 8.74. The minimum Gasteiger partial charge on any atom is -0.494 e. The highest BCUT2D eigenvalue weighted by Crippen LogP contribution is 2.25. The number of hydrogen-bond donors (Lipinski definition) is 1. The summed E-state index contributed by atoms with van der Waals surface area (Å²) in [4.78, 5) is 0. The van der Waals surface area contributed by atoms with E-state index in [2.05, 4.69) is 22.4 Å². The first kappa shape index (κ1) is 15.9. The molecule has 2 rings (SSSR count). The van der Waals surface area contributed by atoms with Crippen LogP contribution < -0.4 is 14.8 Å². The fourth-order valence-corrected chi connectivity index (χ4v) is 3.10. The Balaban J connectivity index is 1.68. The predicted octanol–water partition coefficient (Wildman–Crippen LogP) is 3.54. The van der Waals surface area contributed by atoms with Gasteiger partial charge in [-0.25, -0.2) is 0 Å². The van der Waals surface area contributed by atoms with Crippen LogP contribution in [0.3, 0.4) is 0 Å². The van der Waals surface area contributed by atoms with Gasteiger partial charge in [-0.05, 0) is 30.7 Å². The minimum absolute atomic E-state index is 0.633. The molecule has 1 aromatic carbocycles. The van der Waals surface area contributed by atoms with E-state index < -0.39 is 0 Å². The molecule has 0 atom stereocenters. The third-order valence-electron chi connectivity index (χ3n) is 2.49. The van der Waals surface area contributed by atoms with Crippen LogP contribution >= 0.6 is 23.1 Å². The van der Waals surface area contributed by atoms with Crippen molar-refractivity contribution in [2.75, 3.05) is 31.3 Å². The van der Waals surface area contributed by atoms with E-state index in [1.54, 1.807) is 23.1 Å². The summed E-state index contributed by atoms with van der Waals surface area (Å²) in [5.41, 5.74) is 0. The third-order valence-corrected chi connectivity index (χ3v) is 4.53. The van der Waals surface area contributed by atoms with E-state index in [0.717, 1.165) is 39.8 Å². The maximum absolute atomic E-state index is 5.68. The number of ether oxygens (including phenoxy) is 2. The standard InChI is InChI=1S/C14H19N3O2S2/c1-3-8-18-11-4-6-12(7-5-11)19-9-10-20-14-17-16-13(15-2)21-14/h4-7H,3,8-10H2,1-2H3,(H,15,16). The molecule has 5 nitrogen and oxygen atoms in total. The Labute approximate surface area is 133 Å². The molecule has 0 bridgehead atoms. The summed E-state index contributed by atoms with van der Waals surface area (Å²) in [6.45, 7) is 3.47. The number of aromatic nitrogens is 2. The van der Waals surface area contributed by atoms with Crippen LogP contribution in [0.2, 0.25) is 0 Å². The summed E-state index contributed by atoms with van der Waals surface area (Å²) in [6.07, 6.45) is 1.01. The summed E-state index contributed by atoms with van der Waals surface area (Å²) in [5.74, 6) is 2.58. The fourth-order valence-electron chi connectivity index (χ4n) is 1.51. The maximum Gasteiger partial charge on any atom is 0.206 e. The Morgan fingerprint density at radius 3 is 2.33 bits per heavy atom. The van der Waals surface area contributed by atoms with Crippen molar-refractivity contribution in [3.05, 3.63) is 24.3 Å². The summed E-state index contributed by atoms with van der Waals surface area (Å²) < 4.78 is 12.2. The van der Waals surface area contributed by atoms with Gasteiger partial charge in [0.15, 0.2) is 4.34 Å². The zero-order chi connectivity index (χ0) is 14.9. The second-order valence-electron chi connectivity index (χ2n) is 4.14. The summed E-state index contributed by atoms with van der Waals surface area (Å²) in [6, 6.07) is 7.73. The average molecular weight is 325 g/mol. The van der Waals surface area contributed by atoms with Crippen LogP contribution in [-0.4, -0.2) is 36.2 Å². The molecule has 0 unspecified atom stereocenters. The molecule has 0 amide bonds. The zero-order valence-corrected chi connectivity index (χ0v) is 13.8. The van der Waals surface area contributed by atoms with Crippen LogP contribution in [0.25, 0.3) is 0 Å². The van der Waals surface area contributed by atoms with Gasteiger partial charge in [0.2, 0.25) is 5.13 Å². The van der Waals surface area contributed by atoms with Gasteiger partial charge in [-0.15, -0.1) is 10.2 Å². The lowest BCUT2D eigenvalue weighted by molar-refractivity contribution is 0.314. The highest BCUT2D eigenvalue weighted by atomic mass is 32.2. The molecule has 114 valence electrons. The number of thioether (sulfide) groups is 1. The van der Waals surface area contributed by atoms with Crippen molar-refractivity contribution in [3.8, 4) is 11.5 Å². The highest BCUT2D eigenvalue weighted by Gasteiger charge is 2.03. The van der Waals surface area contributed by atoms with Crippen LogP contribution in [0.4, 0.5) is 5.13 Å². The minimum atomic E-state index is 0.633. The molecule has 0 saturated carbocycles. The lowest BCUT2D eigenvalue weighted by Crippen LogP contribution is -2.00. The van der Waals surface area contributed by atoms with Crippen LogP contribution in [0.5, 0.6) is 11.5 Å². The van der Waals surface area contributed by atoms with E-state index in [4.69, 9.17) is 9.47 Å². The van der Waals surface area contributed by atoms with Crippen LogP contribution in [0.1, 0.15) is 13.3 Å². The number of hydrogen-bond acceptors (Lipinski definition) is 7. The first-order valence-electron chi connectivity index (χ1n) is 6.81. The molecular weight excluding hydrogens is 306 g/mol. The Morgan fingerprint density at radius 1 is 1.10 bits per heavy atom. The lowest BCUT2D eigenvalue weighted by Gasteiger charge is -2.07. The Bertz CT molecular complexity index is 531. The molecule has 1 aromatic heterocycles. The monoisotopic (exact) mass is 325 g/mol. The summed E-state index contributed by atoms with van der Waals surface area (Å²) in [7, 11) is 1.84. The van der Waals surface area contributed by atoms with Crippen molar-refractivity contribution < 1.29 is 9.47 Å². The molecule has 0 saturated heterocycles. The molecule has 7 heteroatoms. The predicted molar refractivity (Wildman–Crippen MR) is 87.9 cm³/mol. The SMILES string of the molecule is CCCOc1ccc(OCCSc2nnc(NC)s2)cc1. The summed E-state index contributed by atoms with van der Waals surface area (Å²) >= 11 is 3.19. The van der Waals surface area contributed by atoms with Gasteiger partial charge in [0, 0.05) is 12.8 Å². The van der Waals surface area contributed by atoms with Crippen molar-refractivity contribution in [3.63, 3.8) is 0 Å². The third kappa shape index (κ3) is 5.43. The molecular formula is C14H19N3O2S2. The molecule has 0 aliphatic carbocycles. The van der Waals surface area contributed by atoms with E-state index in [-0.39, 0.29) is 0 Å². The van der Waals surface area contributed by atoms with Gasteiger partial charge in [0.05, 0.1) is 13.2 Å². The summed E-state index contributed by atoms with van der Waals surface area (Å²) in [5, 5.41) is 11.9. The first-order chi connectivity index (χ1) is 10.3. The van der Waals surface area contributed by atoms with Crippen LogP contribution in [0, 0.1) is 0 Å². The maximum atomic E-state index is 5.68. The van der Waals surface area contributed by atoms with Crippen LogP contribution in [0.15, 0.2) is 28.6 Å². The number of rotatable bonds is 9. The Hall–Kier alpha value is -1.47. The van der Waals surface area contributed by atoms with E-state index >= 15 is 0 Å². The molecule has 21 heavy (non-hydrogen) atoms. The fraction of sp³-hybridized carbons (Fsp3) is 0.429. The number of nitrogens with one attached hydrogen (secondary N) is 1. The quantitative estimate of drug-likeness (QED) is 0.562. The molecule has 0 fully saturated rings. The Kier molecular flexibility index (Phi) is 6.62. The van der Waals surface area contributed by atoms with Crippen molar-refractivity contribution in [1.29, 1.82) is 0 Å². The average Bonchev–Trinajstić information content (AvgIpc) is 2.99.